The van der Waals surface area contributed by atoms with E-state index in [0.29, 0.717) is 24.9 Å². The van der Waals surface area contributed by atoms with Crippen LogP contribution in [0.2, 0.25) is 0 Å². The fourth-order valence-corrected chi connectivity index (χ4v) is 1.88. The molecule has 0 saturated heterocycles. The van der Waals surface area contributed by atoms with E-state index in [9.17, 15) is 14.0 Å². The monoisotopic (exact) mass is 281 g/mol. The maximum atomic E-state index is 13.1. The van der Waals surface area contributed by atoms with E-state index < -0.39 is 11.8 Å². The number of aliphatic carboxylic acids is 1. The van der Waals surface area contributed by atoms with Crippen LogP contribution in [0.25, 0.3) is 0 Å². The predicted octanol–water partition coefficient (Wildman–Crippen LogP) is 2.75. The highest BCUT2D eigenvalue weighted by atomic mass is 19.1. The van der Waals surface area contributed by atoms with Gasteiger partial charge < -0.3 is 10.4 Å². The molecule has 20 heavy (non-hydrogen) atoms. The molecule has 0 aromatic heterocycles. The quantitative estimate of drug-likeness (QED) is 0.807. The van der Waals surface area contributed by atoms with Crippen LogP contribution < -0.4 is 5.32 Å². The SMILES string of the molecule is Cc1ccc(F)cc1C(=O)NCCC(C)CCC(=O)O. The lowest BCUT2D eigenvalue weighted by atomic mass is 10.0. The second kappa shape index (κ2) is 7.62. The lowest BCUT2D eigenvalue weighted by molar-refractivity contribution is -0.137. The zero-order valence-corrected chi connectivity index (χ0v) is 11.8. The Kier molecular flexibility index (Phi) is 6.15. The lowest BCUT2D eigenvalue weighted by Crippen LogP contribution is -2.26. The second-order valence-corrected chi connectivity index (χ2v) is 5.04. The zero-order chi connectivity index (χ0) is 15.1. The third-order valence-electron chi connectivity index (χ3n) is 3.22. The van der Waals surface area contributed by atoms with Crippen LogP contribution in [0.1, 0.15) is 42.1 Å². The van der Waals surface area contributed by atoms with Crippen LogP contribution >= 0.6 is 0 Å². The van der Waals surface area contributed by atoms with E-state index >= 15 is 0 Å². The summed E-state index contributed by atoms with van der Waals surface area (Å²) in [6, 6.07) is 4.11. The molecule has 0 spiro atoms. The summed E-state index contributed by atoms with van der Waals surface area (Å²) >= 11 is 0. The molecular formula is C15H20FNO3. The number of carbonyl (C=O) groups excluding carboxylic acids is 1. The summed E-state index contributed by atoms with van der Waals surface area (Å²) in [7, 11) is 0. The number of hydrogen-bond acceptors (Lipinski definition) is 2. The third-order valence-corrected chi connectivity index (χ3v) is 3.22. The van der Waals surface area contributed by atoms with E-state index in [2.05, 4.69) is 5.32 Å². The molecule has 0 aliphatic carbocycles. The summed E-state index contributed by atoms with van der Waals surface area (Å²) < 4.78 is 13.1. The van der Waals surface area contributed by atoms with E-state index in [4.69, 9.17) is 5.11 Å². The van der Waals surface area contributed by atoms with Gasteiger partial charge in [-0.15, -0.1) is 0 Å². The number of carboxylic acids is 1. The first kappa shape index (κ1) is 16.1. The molecule has 1 atom stereocenters. The van der Waals surface area contributed by atoms with Gasteiger partial charge in [-0.25, -0.2) is 4.39 Å². The minimum atomic E-state index is -0.809. The maximum absolute atomic E-state index is 13.1. The van der Waals surface area contributed by atoms with Crippen LogP contribution in [0.5, 0.6) is 0 Å². The number of amides is 1. The molecule has 1 aromatic carbocycles. The van der Waals surface area contributed by atoms with Crippen molar-refractivity contribution in [2.75, 3.05) is 6.54 Å². The molecule has 1 amide bonds. The molecule has 0 aliphatic heterocycles. The number of aryl methyl sites for hydroxylation is 1. The van der Waals surface area contributed by atoms with E-state index in [-0.39, 0.29) is 18.2 Å². The number of hydrogen-bond donors (Lipinski definition) is 2. The fourth-order valence-electron chi connectivity index (χ4n) is 1.88. The Morgan fingerprint density at radius 1 is 1.35 bits per heavy atom. The van der Waals surface area contributed by atoms with Crippen molar-refractivity contribution >= 4 is 11.9 Å². The molecule has 5 heteroatoms. The Bertz CT molecular complexity index is 488. The Balaban J connectivity index is 2.40. The van der Waals surface area contributed by atoms with Crippen LogP contribution in [0.15, 0.2) is 18.2 Å². The van der Waals surface area contributed by atoms with Crippen molar-refractivity contribution in [3.63, 3.8) is 0 Å². The smallest absolute Gasteiger partial charge is 0.303 e. The second-order valence-electron chi connectivity index (χ2n) is 5.04. The number of benzene rings is 1. The molecule has 0 aliphatic rings. The van der Waals surface area contributed by atoms with Crippen molar-refractivity contribution in [3.8, 4) is 0 Å². The van der Waals surface area contributed by atoms with Crippen molar-refractivity contribution in [2.45, 2.75) is 33.1 Å². The molecule has 2 N–H and O–H groups in total. The highest BCUT2D eigenvalue weighted by Gasteiger charge is 2.11. The predicted molar refractivity (Wildman–Crippen MR) is 74.1 cm³/mol. The standard InChI is InChI=1S/C15H20FNO3/c1-10(3-6-14(18)19)7-8-17-15(20)13-9-12(16)5-4-11(13)2/h4-5,9-10H,3,6-8H2,1-2H3,(H,17,20)(H,18,19). The van der Waals surface area contributed by atoms with Crippen molar-refractivity contribution in [3.05, 3.63) is 35.1 Å². The first-order chi connectivity index (χ1) is 9.40. The molecule has 1 rings (SSSR count). The topological polar surface area (TPSA) is 66.4 Å². The average molecular weight is 281 g/mol. The Labute approximate surface area is 118 Å². The summed E-state index contributed by atoms with van der Waals surface area (Å²) in [5.74, 6) is -1.32. The normalized spacial score (nSPS) is 11.9. The summed E-state index contributed by atoms with van der Waals surface area (Å²) in [5.41, 5.74) is 1.06. The molecule has 0 bridgehead atoms. The van der Waals surface area contributed by atoms with Gasteiger partial charge in [0.05, 0.1) is 0 Å². The average Bonchev–Trinajstić information content (AvgIpc) is 2.39. The number of carbonyl (C=O) groups is 2. The van der Waals surface area contributed by atoms with Crippen LogP contribution in [-0.4, -0.2) is 23.5 Å². The van der Waals surface area contributed by atoms with Gasteiger partial charge in [-0.2, -0.15) is 0 Å². The number of rotatable bonds is 7. The summed E-state index contributed by atoms with van der Waals surface area (Å²) in [5, 5.41) is 11.3. The van der Waals surface area contributed by atoms with Gasteiger partial charge in [0.2, 0.25) is 0 Å². The molecule has 1 aromatic rings. The van der Waals surface area contributed by atoms with Crippen molar-refractivity contribution in [2.24, 2.45) is 5.92 Å². The Hall–Kier alpha value is -1.91. The lowest BCUT2D eigenvalue weighted by Gasteiger charge is -2.11. The van der Waals surface area contributed by atoms with Crippen LogP contribution in [0.3, 0.4) is 0 Å². The van der Waals surface area contributed by atoms with E-state index in [1.807, 2.05) is 6.92 Å². The molecule has 4 nitrogen and oxygen atoms in total. The van der Waals surface area contributed by atoms with Crippen LogP contribution in [-0.2, 0) is 4.79 Å². The number of halogens is 1. The van der Waals surface area contributed by atoms with Crippen LogP contribution in [0.4, 0.5) is 4.39 Å². The minimum Gasteiger partial charge on any atom is -0.481 e. The van der Waals surface area contributed by atoms with E-state index in [1.165, 1.54) is 12.1 Å². The highest BCUT2D eigenvalue weighted by Crippen LogP contribution is 2.11. The number of carboxylic acid groups (broad SMARTS) is 1. The van der Waals surface area contributed by atoms with Crippen molar-refractivity contribution in [1.82, 2.24) is 5.32 Å². The first-order valence-electron chi connectivity index (χ1n) is 6.66. The van der Waals surface area contributed by atoms with Gasteiger partial charge in [-0.1, -0.05) is 13.0 Å². The highest BCUT2D eigenvalue weighted by molar-refractivity contribution is 5.95. The van der Waals surface area contributed by atoms with Crippen LogP contribution in [0, 0.1) is 18.7 Å². The van der Waals surface area contributed by atoms with Crippen molar-refractivity contribution < 1.29 is 19.1 Å². The molecule has 0 heterocycles. The molecule has 1 unspecified atom stereocenters. The van der Waals surface area contributed by atoms with Gasteiger partial charge in [-0.05, 0) is 43.4 Å². The Morgan fingerprint density at radius 3 is 2.70 bits per heavy atom. The zero-order valence-electron chi connectivity index (χ0n) is 11.8. The first-order valence-corrected chi connectivity index (χ1v) is 6.66. The third kappa shape index (κ3) is 5.38. The van der Waals surface area contributed by atoms with Gasteiger partial charge in [0.1, 0.15) is 5.82 Å². The van der Waals surface area contributed by atoms with Gasteiger partial charge in [0.15, 0.2) is 0 Å². The molecule has 0 radical (unpaired) electrons. The Morgan fingerprint density at radius 2 is 2.05 bits per heavy atom. The largest absolute Gasteiger partial charge is 0.481 e. The van der Waals surface area contributed by atoms with E-state index in [0.717, 1.165) is 5.56 Å². The maximum Gasteiger partial charge on any atom is 0.303 e. The molecular weight excluding hydrogens is 261 g/mol. The molecule has 0 fully saturated rings. The van der Waals surface area contributed by atoms with Gasteiger partial charge in [0, 0.05) is 18.5 Å². The summed E-state index contributed by atoms with van der Waals surface area (Å²) in [6.07, 6.45) is 1.43. The summed E-state index contributed by atoms with van der Waals surface area (Å²) in [4.78, 5) is 22.3. The molecule has 0 saturated carbocycles. The van der Waals surface area contributed by atoms with Gasteiger partial charge in [-0.3, -0.25) is 9.59 Å². The van der Waals surface area contributed by atoms with Gasteiger partial charge >= 0.3 is 5.97 Å². The van der Waals surface area contributed by atoms with Gasteiger partial charge in [0.25, 0.3) is 5.91 Å². The minimum absolute atomic E-state index is 0.137. The van der Waals surface area contributed by atoms with Crippen molar-refractivity contribution in [1.29, 1.82) is 0 Å². The fraction of sp³-hybridized carbons (Fsp3) is 0.467. The number of nitrogens with one attached hydrogen (secondary N) is 1. The van der Waals surface area contributed by atoms with E-state index in [1.54, 1.807) is 13.0 Å². The molecule has 110 valence electrons. The summed E-state index contributed by atoms with van der Waals surface area (Å²) in [6.45, 7) is 4.15.